The lowest BCUT2D eigenvalue weighted by Gasteiger charge is -2.34. The maximum Gasteiger partial charge on any atom is 0.402 e. The van der Waals surface area contributed by atoms with E-state index in [-0.39, 0.29) is 13.1 Å². The standard InChI is InChI=1S/C12H24F3N3O2S/c1-3-6-16-9-11-4-7-18(8-5-11)21(19,20)17(2)10-12(13,14)15/h11,16H,3-10H2,1-2H3. The summed E-state index contributed by atoms with van der Waals surface area (Å²) in [6.45, 7) is 2.94. The van der Waals surface area contributed by atoms with Gasteiger partial charge in [-0.1, -0.05) is 6.92 Å². The van der Waals surface area contributed by atoms with Crippen LogP contribution in [0.5, 0.6) is 0 Å². The van der Waals surface area contributed by atoms with Crippen LogP contribution in [0.3, 0.4) is 0 Å². The van der Waals surface area contributed by atoms with Crippen molar-refractivity contribution < 1.29 is 21.6 Å². The largest absolute Gasteiger partial charge is 0.402 e. The molecule has 0 bridgehead atoms. The van der Waals surface area contributed by atoms with Crippen molar-refractivity contribution in [3.8, 4) is 0 Å². The van der Waals surface area contributed by atoms with Crippen LogP contribution in [0, 0.1) is 5.92 Å². The van der Waals surface area contributed by atoms with Gasteiger partial charge in [0.25, 0.3) is 10.2 Å². The molecule has 0 aromatic carbocycles. The second kappa shape index (κ2) is 7.75. The SMILES string of the molecule is CCCNCC1CCN(S(=O)(=O)N(C)CC(F)(F)F)CC1. The molecule has 1 saturated heterocycles. The van der Waals surface area contributed by atoms with Crippen molar-refractivity contribution in [3.63, 3.8) is 0 Å². The van der Waals surface area contributed by atoms with Gasteiger partial charge in [0, 0.05) is 20.1 Å². The zero-order valence-corrected chi connectivity index (χ0v) is 13.3. The van der Waals surface area contributed by atoms with Crippen LogP contribution in [0.4, 0.5) is 13.2 Å². The number of piperidine rings is 1. The molecular formula is C12H24F3N3O2S. The third-order valence-electron chi connectivity index (χ3n) is 3.56. The van der Waals surface area contributed by atoms with Crippen molar-refractivity contribution in [1.82, 2.24) is 13.9 Å². The molecular weight excluding hydrogens is 307 g/mol. The van der Waals surface area contributed by atoms with E-state index in [1.807, 2.05) is 0 Å². The molecule has 0 atom stereocenters. The Balaban J connectivity index is 2.48. The van der Waals surface area contributed by atoms with E-state index >= 15 is 0 Å². The van der Waals surface area contributed by atoms with E-state index in [0.717, 1.165) is 30.9 Å². The van der Waals surface area contributed by atoms with Crippen LogP contribution < -0.4 is 5.32 Å². The van der Waals surface area contributed by atoms with Crippen molar-refractivity contribution in [2.24, 2.45) is 5.92 Å². The Morgan fingerprint density at radius 1 is 1.29 bits per heavy atom. The second-order valence-electron chi connectivity index (χ2n) is 5.43. The summed E-state index contributed by atoms with van der Waals surface area (Å²) in [7, 11) is -3.05. The van der Waals surface area contributed by atoms with Crippen LogP contribution in [-0.4, -0.2) is 63.0 Å². The van der Waals surface area contributed by atoms with Crippen LogP contribution in [0.2, 0.25) is 0 Å². The Morgan fingerprint density at radius 2 is 1.86 bits per heavy atom. The quantitative estimate of drug-likeness (QED) is 0.718. The monoisotopic (exact) mass is 331 g/mol. The Bertz CT molecular complexity index is 406. The number of hydrogen-bond acceptors (Lipinski definition) is 3. The second-order valence-corrected chi connectivity index (χ2v) is 7.46. The molecule has 5 nitrogen and oxygen atoms in total. The Hall–Kier alpha value is -0.380. The summed E-state index contributed by atoms with van der Waals surface area (Å²) in [6, 6.07) is 0. The van der Waals surface area contributed by atoms with Gasteiger partial charge in [-0.25, -0.2) is 0 Å². The molecule has 1 N–H and O–H groups in total. The number of rotatable bonds is 7. The first-order chi connectivity index (χ1) is 9.66. The lowest BCUT2D eigenvalue weighted by atomic mass is 9.98. The summed E-state index contributed by atoms with van der Waals surface area (Å²) in [5, 5.41) is 3.29. The molecule has 0 aromatic heterocycles. The van der Waals surface area contributed by atoms with Gasteiger partial charge in [-0.05, 0) is 38.3 Å². The molecule has 1 aliphatic rings. The summed E-state index contributed by atoms with van der Waals surface area (Å²) in [4.78, 5) is 0. The van der Waals surface area contributed by atoms with E-state index in [4.69, 9.17) is 0 Å². The average molecular weight is 331 g/mol. The highest BCUT2D eigenvalue weighted by molar-refractivity contribution is 7.86. The van der Waals surface area contributed by atoms with Gasteiger partial charge in [0.05, 0.1) is 0 Å². The molecule has 0 aromatic rings. The molecule has 1 aliphatic heterocycles. The maximum absolute atomic E-state index is 12.3. The lowest BCUT2D eigenvalue weighted by Crippen LogP contribution is -2.48. The highest BCUT2D eigenvalue weighted by Gasteiger charge is 2.37. The molecule has 126 valence electrons. The van der Waals surface area contributed by atoms with Crippen LogP contribution in [0.25, 0.3) is 0 Å². The van der Waals surface area contributed by atoms with E-state index < -0.39 is 22.9 Å². The van der Waals surface area contributed by atoms with E-state index in [9.17, 15) is 21.6 Å². The van der Waals surface area contributed by atoms with Crippen LogP contribution in [0.15, 0.2) is 0 Å². The Labute approximate surface area is 124 Å². The molecule has 0 amide bonds. The van der Waals surface area contributed by atoms with E-state index in [1.165, 1.54) is 0 Å². The first kappa shape index (κ1) is 18.7. The summed E-state index contributed by atoms with van der Waals surface area (Å²) in [5.74, 6) is 0.385. The van der Waals surface area contributed by atoms with Crippen molar-refractivity contribution in [2.75, 3.05) is 39.8 Å². The first-order valence-electron chi connectivity index (χ1n) is 7.15. The van der Waals surface area contributed by atoms with Crippen molar-refractivity contribution >= 4 is 10.2 Å². The molecule has 0 saturated carbocycles. The Kier molecular flexibility index (Phi) is 6.89. The number of alkyl halides is 3. The fraction of sp³-hybridized carbons (Fsp3) is 1.00. The normalized spacial score (nSPS) is 19.3. The summed E-state index contributed by atoms with van der Waals surface area (Å²) >= 11 is 0. The van der Waals surface area contributed by atoms with E-state index in [0.29, 0.717) is 23.1 Å². The van der Waals surface area contributed by atoms with Gasteiger partial charge in [-0.15, -0.1) is 0 Å². The summed E-state index contributed by atoms with van der Waals surface area (Å²) in [5.41, 5.74) is 0. The highest BCUT2D eigenvalue weighted by atomic mass is 32.2. The molecule has 9 heteroatoms. The topological polar surface area (TPSA) is 52.7 Å². The van der Waals surface area contributed by atoms with Crippen molar-refractivity contribution in [1.29, 1.82) is 0 Å². The number of hydrogen-bond donors (Lipinski definition) is 1. The number of halogens is 3. The minimum atomic E-state index is -4.52. The van der Waals surface area contributed by atoms with Gasteiger partial charge >= 0.3 is 6.18 Å². The molecule has 21 heavy (non-hydrogen) atoms. The van der Waals surface area contributed by atoms with E-state index in [1.54, 1.807) is 0 Å². The molecule has 1 rings (SSSR count). The average Bonchev–Trinajstić information content (AvgIpc) is 2.37. The van der Waals surface area contributed by atoms with Gasteiger partial charge in [0.1, 0.15) is 6.54 Å². The minimum Gasteiger partial charge on any atom is -0.316 e. The summed E-state index contributed by atoms with van der Waals surface area (Å²) < 4.78 is 62.6. The smallest absolute Gasteiger partial charge is 0.316 e. The number of nitrogens with one attached hydrogen (secondary N) is 1. The first-order valence-corrected chi connectivity index (χ1v) is 8.55. The summed E-state index contributed by atoms with van der Waals surface area (Å²) in [6.07, 6.45) is -2.13. The fourth-order valence-electron chi connectivity index (χ4n) is 2.36. The van der Waals surface area contributed by atoms with E-state index in [2.05, 4.69) is 12.2 Å². The fourth-order valence-corrected chi connectivity index (χ4v) is 3.73. The molecule has 0 radical (unpaired) electrons. The molecule has 0 aliphatic carbocycles. The van der Waals surface area contributed by atoms with Crippen molar-refractivity contribution in [3.05, 3.63) is 0 Å². The zero-order chi connectivity index (χ0) is 16.1. The zero-order valence-electron chi connectivity index (χ0n) is 12.5. The number of nitrogens with zero attached hydrogens (tertiary/aromatic N) is 2. The Morgan fingerprint density at radius 3 is 2.33 bits per heavy atom. The minimum absolute atomic E-state index is 0.281. The molecule has 1 heterocycles. The lowest BCUT2D eigenvalue weighted by molar-refractivity contribution is -0.134. The molecule has 0 spiro atoms. The van der Waals surface area contributed by atoms with Crippen LogP contribution in [-0.2, 0) is 10.2 Å². The third-order valence-corrected chi connectivity index (χ3v) is 5.49. The molecule has 0 unspecified atom stereocenters. The molecule has 1 fully saturated rings. The van der Waals surface area contributed by atoms with Crippen LogP contribution >= 0.6 is 0 Å². The van der Waals surface area contributed by atoms with Crippen LogP contribution in [0.1, 0.15) is 26.2 Å². The maximum atomic E-state index is 12.3. The highest BCUT2D eigenvalue weighted by Crippen LogP contribution is 2.23. The van der Waals surface area contributed by atoms with Crippen molar-refractivity contribution in [2.45, 2.75) is 32.4 Å². The van der Waals surface area contributed by atoms with Gasteiger partial charge < -0.3 is 5.32 Å². The third kappa shape index (κ3) is 6.09. The predicted octanol–water partition coefficient (Wildman–Crippen LogP) is 1.44. The predicted molar refractivity (Wildman–Crippen MR) is 75.1 cm³/mol. The van der Waals surface area contributed by atoms with Gasteiger partial charge in [-0.3, -0.25) is 0 Å². The van der Waals surface area contributed by atoms with Gasteiger partial charge in [0.15, 0.2) is 0 Å². The van der Waals surface area contributed by atoms with Gasteiger partial charge in [0.2, 0.25) is 0 Å². The van der Waals surface area contributed by atoms with Gasteiger partial charge in [-0.2, -0.15) is 30.2 Å².